The molecule has 1 aliphatic heterocycles. The fraction of sp³-hybridized carbons (Fsp3) is 1.00. The molecule has 68 valence electrons. The molecule has 0 aromatic rings. The van der Waals surface area contributed by atoms with Gasteiger partial charge in [-0.2, -0.15) is 0 Å². The van der Waals surface area contributed by atoms with Gasteiger partial charge in [-0.25, -0.2) is 10.0 Å². The summed E-state index contributed by atoms with van der Waals surface area (Å²) in [6, 6.07) is 0.838. The molecule has 1 rings (SSSR count). The second kappa shape index (κ2) is 3.36. The Labute approximate surface area is 72.5 Å². The molecule has 0 N–H and O–H groups in total. The maximum absolute atomic E-state index is 2.53. The Balaban J connectivity index is 2.61. The van der Waals surface area contributed by atoms with Crippen LogP contribution in [0.25, 0.3) is 0 Å². The summed E-state index contributed by atoms with van der Waals surface area (Å²) >= 11 is 0. The van der Waals surface area contributed by atoms with Crippen LogP contribution in [0, 0.1) is 0 Å². The van der Waals surface area contributed by atoms with Crippen molar-refractivity contribution in [3.8, 4) is 0 Å². The zero-order valence-corrected chi connectivity index (χ0v) is 9.08. The largest absolute Gasteiger partial charge is 0.295 e. The first-order chi connectivity index (χ1) is 5.13. The van der Waals surface area contributed by atoms with Gasteiger partial charge >= 0.3 is 0 Å². The smallest absolute Gasteiger partial charge is 0.0290 e. The molecule has 1 nitrogen and oxygen atoms in total. The van der Waals surface area contributed by atoms with Gasteiger partial charge in [-0.05, 0) is 31.2 Å². The van der Waals surface area contributed by atoms with Gasteiger partial charge in [0.1, 0.15) is 0 Å². The second-order valence-corrected chi connectivity index (χ2v) is 7.90. The van der Waals surface area contributed by atoms with Crippen LogP contribution < -0.4 is 0 Å². The third kappa shape index (κ3) is 1.73. The van der Waals surface area contributed by atoms with Crippen molar-refractivity contribution in [3.05, 3.63) is 0 Å². The summed E-state index contributed by atoms with van der Waals surface area (Å²) in [7, 11) is 2.06. The van der Waals surface area contributed by atoms with Crippen LogP contribution in [0.3, 0.4) is 0 Å². The Bertz CT molecular complexity index is 120. The molecule has 0 amide bonds. The summed E-state index contributed by atoms with van der Waals surface area (Å²) in [5.74, 6) is 5.73. The lowest BCUT2D eigenvalue weighted by Crippen LogP contribution is -2.22. The molecule has 11 heavy (non-hydrogen) atoms. The molecular formula is C9H21NS. The Kier molecular flexibility index (Phi) is 2.87. The molecule has 1 saturated heterocycles. The average molecular weight is 175 g/mol. The van der Waals surface area contributed by atoms with E-state index in [1.165, 1.54) is 23.1 Å². The monoisotopic (exact) mass is 175 g/mol. The second-order valence-electron chi connectivity index (χ2n) is 3.70. The van der Waals surface area contributed by atoms with Gasteiger partial charge in [0.2, 0.25) is 0 Å². The molecule has 1 fully saturated rings. The summed E-state index contributed by atoms with van der Waals surface area (Å²) in [6.07, 6.45) is 0. The van der Waals surface area contributed by atoms with Crippen LogP contribution in [-0.4, -0.2) is 41.1 Å². The highest BCUT2D eigenvalue weighted by atomic mass is 32.3. The van der Waals surface area contributed by atoms with Gasteiger partial charge in [0.25, 0.3) is 0 Å². The standard InChI is InChI=1S/C9H21NS/c1-5-11(6-2)7-9(3)10(4)8-11/h9H,5-8H2,1-4H3. The van der Waals surface area contributed by atoms with Gasteiger partial charge in [-0.15, -0.1) is 0 Å². The molecule has 0 aromatic heterocycles. The van der Waals surface area contributed by atoms with E-state index >= 15 is 0 Å². The maximum atomic E-state index is 2.53. The highest BCUT2D eigenvalue weighted by molar-refractivity contribution is 8.33. The zero-order valence-electron chi connectivity index (χ0n) is 8.26. The molecule has 0 saturated carbocycles. The number of hydrogen-bond acceptors (Lipinski definition) is 1. The number of hydrogen-bond donors (Lipinski definition) is 0. The maximum Gasteiger partial charge on any atom is 0.0290 e. The molecule has 1 heterocycles. The molecule has 0 radical (unpaired) electrons. The topological polar surface area (TPSA) is 3.24 Å². The van der Waals surface area contributed by atoms with Gasteiger partial charge in [-0.1, -0.05) is 13.8 Å². The lowest BCUT2D eigenvalue weighted by Gasteiger charge is -2.32. The molecule has 2 heteroatoms. The summed E-state index contributed by atoms with van der Waals surface area (Å²) < 4.78 is 0. The molecule has 1 atom stereocenters. The van der Waals surface area contributed by atoms with E-state index in [0.717, 1.165) is 6.04 Å². The summed E-state index contributed by atoms with van der Waals surface area (Å²) in [6.45, 7) is 7.09. The third-order valence-corrected chi connectivity index (χ3v) is 7.64. The van der Waals surface area contributed by atoms with E-state index in [1.54, 1.807) is 0 Å². The van der Waals surface area contributed by atoms with E-state index in [-0.39, 0.29) is 10.0 Å². The molecule has 0 bridgehead atoms. The van der Waals surface area contributed by atoms with Crippen molar-refractivity contribution in [3.63, 3.8) is 0 Å². The minimum atomic E-state index is -0.209. The van der Waals surface area contributed by atoms with Crippen molar-refractivity contribution in [2.75, 3.05) is 30.2 Å². The average Bonchev–Trinajstić information content (AvgIpc) is 2.29. The molecule has 0 aromatic carbocycles. The predicted octanol–water partition coefficient (Wildman–Crippen LogP) is 2.12. The zero-order chi connectivity index (χ0) is 8.48. The quantitative estimate of drug-likeness (QED) is 0.621. The van der Waals surface area contributed by atoms with Crippen LogP contribution in [0.5, 0.6) is 0 Å². The number of rotatable bonds is 2. The summed E-state index contributed by atoms with van der Waals surface area (Å²) in [5, 5.41) is 0. The van der Waals surface area contributed by atoms with Crippen molar-refractivity contribution in [2.45, 2.75) is 26.8 Å². The van der Waals surface area contributed by atoms with Gasteiger partial charge < -0.3 is 0 Å². The molecular weight excluding hydrogens is 154 g/mol. The van der Waals surface area contributed by atoms with Crippen molar-refractivity contribution in [1.82, 2.24) is 4.90 Å². The van der Waals surface area contributed by atoms with E-state index in [2.05, 4.69) is 32.7 Å². The van der Waals surface area contributed by atoms with Crippen LogP contribution >= 0.6 is 10.0 Å². The van der Waals surface area contributed by atoms with Crippen molar-refractivity contribution in [2.24, 2.45) is 0 Å². The van der Waals surface area contributed by atoms with Crippen LogP contribution in [0.4, 0.5) is 0 Å². The first kappa shape index (κ1) is 9.40. The van der Waals surface area contributed by atoms with Crippen molar-refractivity contribution in [1.29, 1.82) is 0 Å². The summed E-state index contributed by atoms with van der Waals surface area (Å²) in [5.41, 5.74) is 0. The molecule has 0 spiro atoms. The van der Waals surface area contributed by atoms with Gasteiger partial charge in [0.05, 0.1) is 0 Å². The minimum Gasteiger partial charge on any atom is -0.295 e. The van der Waals surface area contributed by atoms with Gasteiger partial charge in [-0.3, -0.25) is 4.90 Å². The SMILES string of the molecule is CCS1(CC)CC(C)N(C)C1. The van der Waals surface area contributed by atoms with Crippen molar-refractivity contribution < 1.29 is 0 Å². The molecule has 0 aliphatic carbocycles. The van der Waals surface area contributed by atoms with Crippen LogP contribution in [0.2, 0.25) is 0 Å². The highest BCUT2D eigenvalue weighted by Crippen LogP contribution is 2.52. The van der Waals surface area contributed by atoms with E-state index in [4.69, 9.17) is 0 Å². The highest BCUT2D eigenvalue weighted by Gasteiger charge is 2.32. The van der Waals surface area contributed by atoms with E-state index in [9.17, 15) is 0 Å². The Morgan fingerprint density at radius 2 is 1.91 bits per heavy atom. The fourth-order valence-electron chi connectivity index (χ4n) is 1.87. The van der Waals surface area contributed by atoms with E-state index in [0.29, 0.717) is 0 Å². The van der Waals surface area contributed by atoms with Crippen LogP contribution in [-0.2, 0) is 0 Å². The Hall–Kier alpha value is 0.310. The first-order valence-electron chi connectivity index (χ1n) is 4.58. The van der Waals surface area contributed by atoms with Crippen molar-refractivity contribution >= 4 is 10.0 Å². The van der Waals surface area contributed by atoms with Crippen LogP contribution in [0.1, 0.15) is 20.8 Å². The Morgan fingerprint density at radius 3 is 2.09 bits per heavy atom. The third-order valence-electron chi connectivity index (χ3n) is 3.05. The normalized spacial score (nSPS) is 34.0. The van der Waals surface area contributed by atoms with Gasteiger partial charge in [0, 0.05) is 11.9 Å². The lowest BCUT2D eigenvalue weighted by molar-refractivity contribution is 0.344. The fourth-order valence-corrected chi connectivity index (χ4v) is 5.62. The molecule has 1 aliphatic rings. The minimum absolute atomic E-state index is 0.209. The first-order valence-corrected chi connectivity index (χ1v) is 6.89. The lowest BCUT2D eigenvalue weighted by atomic mass is 10.4. The molecule has 1 unspecified atom stereocenters. The van der Waals surface area contributed by atoms with E-state index < -0.39 is 0 Å². The number of nitrogens with zero attached hydrogens (tertiary/aromatic N) is 1. The summed E-state index contributed by atoms with van der Waals surface area (Å²) in [4.78, 5) is 2.53. The van der Waals surface area contributed by atoms with Crippen LogP contribution in [0.15, 0.2) is 0 Å². The Morgan fingerprint density at radius 1 is 1.36 bits per heavy atom. The van der Waals surface area contributed by atoms with E-state index in [1.807, 2.05) is 0 Å². The van der Waals surface area contributed by atoms with Gasteiger partial charge in [0.15, 0.2) is 0 Å². The predicted molar refractivity (Wildman–Crippen MR) is 55.6 cm³/mol.